The summed E-state index contributed by atoms with van der Waals surface area (Å²) in [5, 5.41) is 2.24. The molecule has 0 amide bonds. The van der Waals surface area contributed by atoms with Crippen LogP contribution in [0.1, 0.15) is 60.5 Å². The zero-order valence-corrected chi connectivity index (χ0v) is 29.8. The van der Waals surface area contributed by atoms with E-state index in [0.717, 1.165) is 33.0 Å². The summed E-state index contributed by atoms with van der Waals surface area (Å²) in [6.07, 6.45) is 1.82. The smallest absolute Gasteiger partial charge is 0.338 e. The first-order chi connectivity index (χ1) is 24.9. The number of rotatable bonds is 10. The number of carbonyl (C=O) groups excluding carboxylic acids is 1. The highest BCUT2D eigenvalue weighted by atomic mass is 32.1. The predicted octanol–water partition coefficient (Wildman–Crippen LogP) is 7.80. The minimum Gasteiger partial charge on any atom is -0.493 e. The second-order valence-electron chi connectivity index (χ2n) is 12.6. The van der Waals surface area contributed by atoms with Crippen molar-refractivity contribution in [3.05, 3.63) is 168 Å². The first kappa shape index (κ1) is 33.8. The molecule has 51 heavy (non-hydrogen) atoms. The molecule has 0 spiro atoms. The summed E-state index contributed by atoms with van der Waals surface area (Å²) >= 11 is 1.27. The lowest BCUT2D eigenvalue weighted by Gasteiger charge is -2.26. The maximum atomic E-state index is 14.6. The standard InChI is InChI=1S/C43H38N2O5S/c1-5-49-42(47)37-38(30-14-7-6-8-15-30)44-43-45(39(37)31-23-21-28(22-24-31)27(2)3)41(46)36(51-43)25-32-17-12-20-35(48-4)40(32)50-26-33-18-11-16-29-13-9-10-19-34(29)33/h6-25,27,39H,5,26H2,1-4H3/b36-25-/t39-/m1/s1. The van der Waals surface area contributed by atoms with Gasteiger partial charge in [0.2, 0.25) is 0 Å². The molecule has 2 heterocycles. The molecule has 0 unspecified atom stereocenters. The van der Waals surface area contributed by atoms with Crippen LogP contribution < -0.4 is 24.4 Å². The van der Waals surface area contributed by atoms with Crippen LogP contribution in [-0.2, 0) is 16.1 Å². The molecule has 6 aromatic rings. The normalized spacial score (nSPS) is 14.4. The van der Waals surface area contributed by atoms with Crippen molar-refractivity contribution in [2.75, 3.05) is 13.7 Å². The van der Waals surface area contributed by atoms with E-state index in [-0.39, 0.29) is 12.2 Å². The minimum absolute atomic E-state index is 0.186. The average molecular weight is 695 g/mol. The average Bonchev–Trinajstić information content (AvgIpc) is 3.47. The number of hydrogen-bond donors (Lipinski definition) is 0. The maximum absolute atomic E-state index is 14.6. The van der Waals surface area contributed by atoms with E-state index in [1.54, 1.807) is 18.6 Å². The SMILES string of the molecule is CCOC(=O)C1=C(c2ccccc2)N=c2s/c(=C\c3cccc(OC)c3OCc3cccc4ccccc34)c(=O)n2[C@@H]1c1ccc(C(C)C)cc1. The molecule has 0 bridgehead atoms. The molecule has 1 aromatic heterocycles. The van der Waals surface area contributed by atoms with Crippen molar-refractivity contribution in [2.24, 2.45) is 4.99 Å². The van der Waals surface area contributed by atoms with Crippen LogP contribution in [0.5, 0.6) is 11.5 Å². The lowest BCUT2D eigenvalue weighted by atomic mass is 9.91. The van der Waals surface area contributed by atoms with Gasteiger partial charge in [0.1, 0.15) is 6.61 Å². The molecule has 0 N–H and O–H groups in total. The van der Waals surface area contributed by atoms with Crippen molar-refractivity contribution >= 4 is 39.9 Å². The number of benzene rings is 5. The Morgan fingerprint density at radius 3 is 2.37 bits per heavy atom. The Kier molecular flexibility index (Phi) is 9.68. The molecular formula is C43H38N2O5S. The van der Waals surface area contributed by atoms with E-state index in [2.05, 4.69) is 50.2 Å². The number of para-hydroxylation sites is 1. The summed E-state index contributed by atoms with van der Waals surface area (Å²) < 4.78 is 19.9. The van der Waals surface area contributed by atoms with Crippen LogP contribution in [0.3, 0.4) is 0 Å². The van der Waals surface area contributed by atoms with E-state index < -0.39 is 12.0 Å². The third-order valence-corrected chi connectivity index (χ3v) is 10.0. The van der Waals surface area contributed by atoms with E-state index >= 15 is 0 Å². The number of fused-ring (bicyclic) bond motifs is 2. The molecule has 256 valence electrons. The molecule has 0 saturated heterocycles. The molecule has 0 aliphatic carbocycles. The highest BCUT2D eigenvalue weighted by molar-refractivity contribution is 7.07. The van der Waals surface area contributed by atoms with Gasteiger partial charge >= 0.3 is 5.97 Å². The number of hydrogen-bond acceptors (Lipinski definition) is 7. The molecule has 0 saturated carbocycles. The zero-order valence-electron chi connectivity index (χ0n) is 29.0. The van der Waals surface area contributed by atoms with Crippen LogP contribution in [0.2, 0.25) is 0 Å². The monoisotopic (exact) mass is 694 g/mol. The first-order valence-corrected chi connectivity index (χ1v) is 17.8. The second-order valence-corrected chi connectivity index (χ2v) is 13.6. The molecule has 7 nitrogen and oxygen atoms in total. The third kappa shape index (κ3) is 6.62. The Morgan fingerprint density at radius 2 is 1.63 bits per heavy atom. The van der Waals surface area contributed by atoms with Gasteiger partial charge in [-0.2, -0.15) is 0 Å². The van der Waals surface area contributed by atoms with Crippen molar-refractivity contribution in [3.8, 4) is 11.5 Å². The fourth-order valence-electron chi connectivity index (χ4n) is 6.49. The van der Waals surface area contributed by atoms with Crippen LogP contribution in [-0.4, -0.2) is 24.3 Å². The number of nitrogens with zero attached hydrogens (tertiary/aromatic N) is 2. The quantitative estimate of drug-likeness (QED) is 0.137. The summed E-state index contributed by atoms with van der Waals surface area (Å²) in [6.45, 7) is 6.53. The zero-order chi connectivity index (χ0) is 35.5. The van der Waals surface area contributed by atoms with Gasteiger partial charge in [-0.05, 0) is 52.4 Å². The summed E-state index contributed by atoms with van der Waals surface area (Å²) in [5.74, 6) is 0.887. The Morgan fingerprint density at radius 1 is 0.902 bits per heavy atom. The molecule has 0 fully saturated rings. The summed E-state index contributed by atoms with van der Waals surface area (Å²) in [4.78, 5) is 33.9. The lowest BCUT2D eigenvalue weighted by molar-refractivity contribution is -0.138. The Bertz CT molecular complexity index is 2440. The largest absolute Gasteiger partial charge is 0.493 e. The summed E-state index contributed by atoms with van der Waals surface area (Å²) in [5.41, 5.74) is 4.97. The van der Waals surface area contributed by atoms with E-state index in [9.17, 15) is 9.59 Å². The molecular weight excluding hydrogens is 657 g/mol. The van der Waals surface area contributed by atoms with Gasteiger partial charge in [-0.25, -0.2) is 9.79 Å². The molecule has 1 aliphatic rings. The van der Waals surface area contributed by atoms with Crippen molar-refractivity contribution in [1.29, 1.82) is 0 Å². The van der Waals surface area contributed by atoms with E-state index in [1.807, 2.05) is 84.9 Å². The van der Waals surface area contributed by atoms with Gasteiger partial charge in [0.05, 0.1) is 35.6 Å². The van der Waals surface area contributed by atoms with E-state index in [0.29, 0.717) is 50.2 Å². The fourth-order valence-corrected chi connectivity index (χ4v) is 7.48. The molecule has 7 rings (SSSR count). The van der Waals surface area contributed by atoms with Gasteiger partial charge in [0, 0.05) is 11.1 Å². The van der Waals surface area contributed by atoms with Crippen LogP contribution >= 0.6 is 11.3 Å². The molecule has 0 radical (unpaired) electrons. The molecule has 5 aromatic carbocycles. The second kappa shape index (κ2) is 14.6. The number of aromatic nitrogens is 1. The Balaban J connectivity index is 1.40. The highest BCUT2D eigenvalue weighted by Crippen LogP contribution is 2.36. The Hall–Kier alpha value is -5.73. The number of thiazole rings is 1. The fraction of sp³-hybridized carbons (Fsp3) is 0.186. The molecule has 8 heteroatoms. The van der Waals surface area contributed by atoms with Gasteiger partial charge in [-0.1, -0.05) is 134 Å². The number of methoxy groups -OCH3 is 1. The van der Waals surface area contributed by atoms with Gasteiger partial charge in [-0.15, -0.1) is 0 Å². The molecule has 1 atom stereocenters. The highest BCUT2D eigenvalue weighted by Gasteiger charge is 2.35. The predicted molar refractivity (Wildman–Crippen MR) is 203 cm³/mol. The van der Waals surface area contributed by atoms with Crippen molar-refractivity contribution in [3.63, 3.8) is 0 Å². The first-order valence-electron chi connectivity index (χ1n) is 17.0. The third-order valence-electron chi connectivity index (χ3n) is 9.06. The summed E-state index contributed by atoms with van der Waals surface area (Å²) in [6, 6.07) is 36.9. The van der Waals surface area contributed by atoms with E-state index in [1.165, 1.54) is 11.3 Å². The topological polar surface area (TPSA) is 79.1 Å². The molecule has 1 aliphatic heterocycles. The van der Waals surface area contributed by atoms with Crippen molar-refractivity contribution in [2.45, 2.75) is 39.3 Å². The van der Waals surface area contributed by atoms with Crippen LogP contribution in [0.4, 0.5) is 0 Å². The van der Waals surface area contributed by atoms with Crippen LogP contribution in [0.15, 0.2) is 131 Å². The van der Waals surface area contributed by atoms with Crippen LogP contribution in [0, 0.1) is 0 Å². The lowest BCUT2D eigenvalue weighted by Crippen LogP contribution is -2.40. The minimum atomic E-state index is -0.758. The Labute approximate surface area is 300 Å². The number of carbonyl (C=O) groups is 1. The maximum Gasteiger partial charge on any atom is 0.338 e. The van der Waals surface area contributed by atoms with Gasteiger partial charge in [0.25, 0.3) is 5.56 Å². The van der Waals surface area contributed by atoms with Gasteiger partial charge < -0.3 is 14.2 Å². The van der Waals surface area contributed by atoms with Crippen molar-refractivity contribution in [1.82, 2.24) is 4.57 Å². The van der Waals surface area contributed by atoms with Crippen LogP contribution in [0.25, 0.3) is 22.5 Å². The van der Waals surface area contributed by atoms with E-state index in [4.69, 9.17) is 19.2 Å². The van der Waals surface area contributed by atoms with Gasteiger partial charge in [-0.3, -0.25) is 9.36 Å². The van der Waals surface area contributed by atoms with Crippen molar-refractivity contribution < 1.29 is 19.0 Å². The summed E-state index contributed by atoms with van der Waals surface area (Å²) in [7, 11) is 1.60. The number of ether oxygens (including phenoxy) is 3. The van der Waals surface area contributed by atoms with Gasteiger partial charge in [0.15, 0.2) is 16.3 Å². The number of esters is 1.